The Morgan fingerprint density at radius 1 is 1.43 bits per heavy atom. The van der Waals surface area contributed by atoms with E-state index in [0.29, 0.717) is 18.5 Å². The molecule has 1 unspecified atom stereocenters. The summed E-state index contributed by atoms with van der Waals surface area (Å²) >= 11 is 2.13. The lowest BCUT2D eigenvalue weighted by atomic mass is 10.1. The molecule has 8 heteroatoms. The van der Waals surface area contributed by atoms with Crippen LogP contribution in [0.1, 0.15) is 24.8 Å². The van der Waals surface area contributed by atoms with Gasteiger partial charge in [-0.25, -0.2) is 0 Å². The van der Waals surface area contributed by atoms with Gasteiger partial charge in [0.1, 0.15) is 6.04 Å². The van der Waals surface area contributed by atoms with Crippen molar-refractivity contribution in [3.63, 3.8) is 0 Å². The van der Waals surface area contributed by atoms with E-state index in [2.05, 4.69) is 27.3 Å². The molecule has 116 valence electrons. The monoisotopic (exact) mass is 424 g/mol. The van der Waals surface area contributed by atoms with Crippen molar-refractivity contribution in [2.24, 2.45) is 0 Å². The second kappa shape index (κ2) is 6.49. The normalized spacial score (nSPS) is 20.2. The van der Waals surface area contributed by atoms with Crippen LogP contribution < -0.4 is 4.72 Å². The molecule has 1 aliphatic rings. The molecular formula is C13H17IN2O4S. The van der Waals surface area contributed by atoms with E-state index in [1.165, 1.54) is 0 Å². The molecule has 1 heterocycles. The van der Waals surface area contributed by atoms with E-state index in [1.807, 2.05) is 13.0 Å². The average molecular weight is 424 g/mol. The Morgan fingerprint density at radius 2 is 2.14 bits per heavy atom. The summed E-state index contributed by atoms with van der Waals surface area (Å²) in [7, 11) is -3.86. The Hall–Kier alpha value is -0.870. The molecule has 1 aromatic carbocycles. The van der Waals surface area contributed by atoms with Crippen molar-refractivity contribution >= 4 is 44.5 Å². The van der Waals surface area contributed by atoms with Gasteiger partial charge in [-0.2, -0.15) is 12.7 Å². The van der Waals surface area contributed by atoms with Crippen LogP contribution in [0.4, 0.5) is 5.69 Å². The minimum absolute atomic E-state index is 0.231. The molecule has 1 atom stereocenters. The summed E-state index contributed by atoms with van der Waals surface area (Å²) in [6.45, 7) is 2.17. The molecule has 1 saturated heterocycles. The van der Waals surface area contributed by atoms with E-state index in [0.717, 1.165) is 19.9 Å². The Balaban J connectivity index is 2.23. The van der Waals surface area contributed by atoms with Crippen LogP contribution in [-0.4, -0.2) is 36.4 Å². The van der Waals surface area contributed by atoms with Crippen molar-refractivity contribution in [3.05, 3.63) is 27.3 Å². The van der Waals surface area contributed by atoms with Gasteiger partial charge >= 0.3 is 16.2 Å². The van der Waals surface area contributed by atoms with Crippen LogP contribution in [0.5, 0.6) is 0 Å². The number of hydrogen-bond donors (Lipinski definition) is 2. The molecule has 2 rings (SSSR count). The number of hydrogen-bond acceptors (Lipinski definition) is 3. The molecule has 2 N–H and O–H groups in total. The van der Waals surface area contributed by atoms with Gasteiger partial charge in [-0.1, -0.05) is 6.07 Å². The first-order valence-electron chi connectivity index (χ1n) is 6.60. The molecular weight excluding hydrogens is 407 g/mol. The van der Waals surface area contributed by atoms with Crippen molar-refractivity contribution in [2.75, 3.05) is 11.3 Å². The fraction of sp³-hybridized carbons (Fsp3) is 0.462. The topological polar surface area (TPSA) is 86.7 Å². The number of carboxylic acid groups (broad SMARTS) is 1. The van der Waals surface area contributed by atoms with E-state index < -0.39 is 22.2 Å². The number of anilines is 1. The summed E-state index contributed by atoms with van der Waals surface area (Å²) in [5.74, 6) is -1.10. The zero-order valence-corrected chi connectivity index (χ0v) is 14.5. The van der Waals surface area contributed by atoms with Gasteiger partial charge < -0.3 is 5.11 Å². The predicted molar refractivity (Wildman–Crippen MR) is 88.4 cm³/mol. The number of nitrogens with one attached hydrogen (secondary N) is 1. The zero-order chi connectivity index (χ0) is 15.6. The molecule has 0 aromatic heterocycles. The van der Waals surface area contributed by atoms with Crippen LogP contribution in [0.25, 0.3) is 0 Å². The molecule has 0 saturated carbocycles. The highest BCUT2D eigenvalue weighted by atomic mass is 127. The summed E-state index contributed by atoms with van der Waals surface area (Å²) in [5, 5.41) is 9.18. The molecule has 0 amide bonds. The van der Waals surface area contributed by atoms with E-state index in [9.17, 15) is 18.3 Å². The summed E-state index contributed by atoms with van der Waals surface area (Å²) < 4.78 is 29.3. The second-order valence-corrected chi connectivity index (χ2v) is 7.82. The van der Waals surface area contributed by atoms with Crippen molar-refractivity contribution in [2.45, 2.75) is 32.2 Å². The van der Waals surface area contributed by atoms with Crippen molar-refractivity contribution in [3.8, 4) is 0 Å². The number of rotatable bonds is 4. The third kappa shape index (κ3) is 3.86. The highest BCUT2D eigenvalue weighted by molar-refractivity contribution is 14.1. The van der Waals surface area contributed by atoms with E-state index in [-0.39, 0.29) is 6.54 Å². The van der Waals surface area contributed by atoms with Gasteiger partial charge in [-0.3, -0.25) is 9.52 Å². The Labute approximate surface area is 137 Å². The van der Waals surface area contributed by atoms with Crippen molar-refractivity contribution in [1.82, 2.24) is 4.31 Å². The lowest BCUT2D eigenvalue weighted by Gasteiger charge is -2.31. The highest BCUT2D eigenvalue weighted by Gasteiger charge is 2.36. The number of aryl methyl sites for hydroxylation is 1. The Kier molecular flexibility index (Phi) is 5.10. The number of aliphatic carboxylic acids is 1. The Morgan fingerprint density at radius 3 is 2.76 bits per heavy atom. The molecule has 1 fully saturated rings. The maximum atomic E-state index is 12.4. The smallest absolute Gasteiger partial charge is 0.322 e. The molecule has 6 nitrogen and oxygen atoms in total. The lowest BCUT2D eigenvalue weighted by molar-refractivity contribution is -0.142. The molecule has 0 spiro atoms. The summed E-state index contributed by atoms with van der Waals surface area (Å²) in [6.07, 6.45) is 1.75. The molecule has 1 aromatic rings. The first kappa shape index (κ1) is 16.5. The molecule has 0 radical (unpaired) electrons. The van der Waals surface area contributed by atoms with E-state index in [1.54, 1.807) is 12.1 Å². The number of halogens is 1. The summed E-state index contributed by atoms with van der Waals surface area (Å²) in [4.78, 5) is 11.2. The first-order chi connectivity index (χ1) is 9.81. The third-order valence-corrected chi connectivity index (χ3v) is 6.18. The quantitative estimate of drug-likeness (QED) is 0.726. The van der Waals surface area contributed by atoms with Crippen LogP contribution in [0, 0.1) is 10.5 Å². The number of carbonyl (C=O) groups is 1. The number of piperidine rings is 1. The van der Waals surface area contributed by atoms with Crippen molar-refractivity contribution in [1.29, 1.82) is 0 Å². The number of nitrogens with zero attached hydrogens (tertiary/aromatic N) is 1. The number of carboxylic acids is 1. The minimum Gasteiger partial charge on any atom is -0.480 e. The Bertz CT molecular complexity index is 648. The lowest BCUT2D eigenvalue weighted by Crippen LogP contribution is -2.49. The predicted octanol–water partition coefficient (Wildman–Crippen LogP) is 2.20. The van der Waals surface area contributed by atoms with Crippen LogP contribution in [-0.2, 0) is 15.0 Å². The zero-order valence-electron chi connectivity index (χ0n) is 11.5. The van der Waals surface area contributed by atoms with Gasteiger partial charge in [-0.05, 0) is 66.5 Å². The van der Waals surface area contributed by atoms with Gasteiger partial charge in [0.15, 0.2) is 0 Å². The average Bonchev–Trinajstić information content (AvgIpc) is 2.42. The van der Waals surface area contributed by atoms with E-state index >= 15 is 0 Å². The maximum Gasteiger partial charge on any atom is 0.322 e. The van der Waals surface area contributed by atoms with Gasteiger partial charge in [0.2, 0.25) is 0 Å². The van der Waals surface area contributed by atoms with E-state index in [4.69, 9.17) is 0 Å². The van der Waals surface area contributed by atoms with Crippen molar-refractivity contribution < 1.29 is 18.3 Å². The fourth-order valence-electron chi connectivity index (χ4n) is 2.30. The van der Waals surface area contributed by atoms with Gasteiger partial charge in [0, 0.05) is 10.1 Å². The third-order valence-electron chi connectivity index (χ3n) is 3.47. The maximum absolute atomic E-state index is 12.4. The fourth-order valence-corrected chi connectivity index (χ4v) is 4.26. The van der Waals surface area contributed by atoms with Crippen LogP contribution in [0.15, 0.2) is 18.2 Å². The largest absolute Gasteiger partial charge is 0.480 e. The first-order valence-corrected chi connectivity index (χ1v) is 9.11. The van der Waals surface area contributed by atoms with Gasteiger partial charge in [-0.15, -0.1) is 0 Å². The summed E-state index contributed by atoms with van der Waals surface area (Å²) in [5.41, 5.74) is 1.50. The van der Waals surface area contributed by atoms with Crippen LogP contribution in [0.2, 0.25) is 0 Å². The highest BCUT2D eigenvalue weighted by Crippen LogP contribution is 2.23. The summed E-state index contributed by atoms with van der Waals surface area (Å²) in [6, 6.07) is 4.24. The molecule has 1 aliphatic heterocycles. The van der Waals surface area contributed by atoms with Crippen LogP contribution in [0.3, 0.4) is 0 Å². The number of benzene rings is 1. The molecule has 0 bridgehead atoms. The SMILES string of the molecule is Cc1ccc(NS(=O)(=O)N2CCCCC2C(=O)O)cc1I. The standard InChI is InChI=1S/C13H17IN2O4S/c1-9-5-6-10(8-11(9)14)15-21(19,20)16-7-3-2-4-12(16)13(17)18/h5-6,8,12,15H,2-4,7H2,1H3,(H,17,18). The molecule has 0 aliphatic carbocycles. The van der Waals surface area contributed by atoms with Crippen LogP contribution >= 0.6 is 22.6 Å². The second-order valence-electron chi connectivity index (χ2n) is 5.03. The molecule has 21 heavy (non-hydrogen) atoms. The minimum atomic E-state index is -3.86. The van der Waals surface area contributed by atoms with Gasteiger partial charge in [0.25, 0.3) is 0 Å². The van der Waals surface area contributed by atoms with Gasteiger partial charge in [0.05, 0.1) is 5.69 Å².